The topological polar surface area (TPSA) is 90.9 Å². The first-order valence-corrected chi connectivity index (χ1v) is 10.2. The lowest BCUT2D eigenvalue weighted by atomic mass is 9.67. The van der Waals surface area contributed by atoms with Gasteiger partial charge in [0.15, 0.2) is 0 Å². The Kier molecular flexibility index (Phi) is 8.96. The fraction of sp³-hybridized carbons (Fsp3) is 0.591. The lowest BCUT2D eigenvalue weighted by Gasteiger charge is -2.36. The molecule has 0 radical (unpaired) electrons. The molecule has 29 heavy (non-hydrogen) atoms. The van der Waals surface area contributed by atoms with Crippen LogP contribution in [-0.4, -0.2) is 44.7 Å². The van der Waals surface area contributed by atoms with E-state index in [-0.39, 0.29) is 18.2 Å². The Bertz CT molecular complexity index is 687. The summed E-state index contributed by atoms with van der Waals surface area (Å²) in [7, 11) is 1.37. The molecule has 1 fully saturated rings. The van der Waals surface area contributed by atoms with E-state index < -0.39 is 11.5 Å². The van der Waals surface area contributed by atoms with Crippen molar-refractivity contribution in [1.29, 1.82) is 0 Å². The molecule has 1 amide bonds. The number of esters is 1. The van der Waals surface area contributed by atoms with Gasteiger partial charge in [0.05, 0.1) is 20.3 Å². The van der Waals surface area contributed by atoms with E-state index in [2.05, 4.69) is 5.32 Å². The van der Waals surface area contributed by atoms with Crippen LogP contribution < -0.4 is 10.1 Å². The lowest BCUT2D eigenvalue weighted by Crippen LogP contribution is -2.37. The molecule has 0 aliphatic heterocycles. The first kappa shape index (κ1) is 22.7. The maximum atomic E-state index is 12.7. The van der Waals surface area contributed by atoms with Crippen molar-refractivity contribution in [1.82, 2.24) is 5.32 Å². The third kappa shape index (κ3) is 7.07. The molecule has 7 nitrogen and oxygen atoms in total. The highest BCUT2D eigenvalue weighted by Crippen LogP contribution is 2.40. The predicted molar refractivity (Wildman–Crippen MR) is 108 cm³/mol. The molecule has 0 saturated heterocycles. The Morgan fingerprint density at radius 1 is 1.17 bits per heavy atom. The van der Waals surface area contributed by atoms with Crippen molar-refractivity contribution in [3.8, 4) is 5.75 Å². The van der Waals surface area contributed by atoms with Crippen molar-refractivity contribution >= 4 is 17.8 Å². The van der Waals surface area contributed by atoms with Crippen molar-refractivity contribution in [3.05, 3.63) is 29.8 Å². The van der Waals surface area contributed by atoms with Crippen molar-refractivity contribution in [3.63, 3.8) is 0 Å². The molecule has 0 spiro atoms. The summed E-state index contributed by atoms with van der Waals surface area (Å²) >= 11 is 0. The number of alkyl carbamates (subject to hydrolysis) is 1. The normalized spacial score (nSPS) is 18.8. The van der Waals surface area contributed by atoms with Crippen LogP contribution in [0.4, 0.5) is 4.79 Å². The van der Waals surface area contributed by atoms with E-state index in [9.17, 15) is 14.4 Å². The minimum absolute atomic E-state index is 0.248. The van der Waals surface area contributed by atoms with Crippen LogP contribution in [-0.2, 0) is 25.5 Å². The molecule has 1 N–H and O–H groups in total. The number of carbonyl (C=O) groups is 3. The van der Waals surface area contributed by atoms with Crippen LogP contribution in [0, 0.1) is 5.41 Å². The van der Waals surface area contributed by atoms with E-state index in [0.717, 1.165) is 24.8 Å². The van der Waals surface area contributed by atoms with Gasteiger partial charge in [-0.3, -0.25) is 9.59 Å². The van der Waals surface area contributed by atoms with E-state index >= 15 is 0 Å². The van der Waals surface area contributed by atoms with Crippen LogP contribution in [0.25, 0.3) is 0 Å². The van der Waals surface area contributed by atoms with Crippen LogP contribution in [0.3, 0.4) is 0 Å². The zero-order valence-corrected chi connectivity index (χ0v) is 17.3. The van der Waals surface area contributed by atoms with Crippen LogP contribution in [0.2, 0.25) is 0 Å². The highest BCUT2D eigenvalue weighted by atomic mass is 16.5. The first-order valence-electron chi connectivity index (χ1n) is 10.2. The second kappa shape index (κ2) is 11.4. The van der Waals surface area contributed by atoms with E-state index in [1.54, 1.807) is 6.92 Å². The monoisotopic (exact) mass is 405 g/mol. The largest absolute Gasteiger partial charge is 0.492 e. The molecule has 2 rings (SSSR count). The number of Topliss-reactive ketones (excluding diaryl/α,β-unsaturated/α-hetero) is 1. The average Bonchev–Trinajstić information content (AvgIpc) is 2.73. The number of ketones is 1. The standard InChI is InChI=1S/C22H31NO6/c1-3-28-21(26)23-14-15-29-18-9-7-17(8-10-18)16-22(13-11-20(25)27-2)12-5-4-6-19(22)24/h7-10H,3-6,11-16H2,1-2H3,(H,23,26)/t22-/m1/s1. The van der Waals surface area contributed by atoms with Gasteiger partial charge >= 0.3 is 12.1 Å². The molecular formula is C22H31NO6. The molecule has 1 atom stereocenters. The zero-order chi connectivity index (χ0) is 21.1. The molecule has 1 aromatic carbocycles. The SMILES string of the molecule is CCOC(=O)NCCOc1ccc(C[C@]2(CCC(=O)OC)CCCCC2=O)cc1. The van der Waals surface area contributed by atoms with Gasteiger partial charge in [0.25, 0.3) is 0 Å². The summed E-state index contributed by atoms with van der Waals surface area (Å²) < 4.78 is 15.2. The van der Waals surface area contributed by atoms with Gasteiger partial charge < -0.3 is 19.5 Å². The number of ether oxygens (including phenoxy) is 3. The summed E-state index contributed by atoms with van der Waals surface area (Å²) in [5, 5.41) is 2.60. The number of benzene rings is 1. The predicted octanol–water partition coefficient (Wildman–Crippen LogP) is 3.44. The van der Waals surface area contributed by atoms with Crippen molar-refractivity contribution in [2.45, 2.75) is 51.9 Å². The summed E-state index contributed by atoms with van der Waals surface area (Å²) in [5.41, 5.74) is 0.556. The molecule has 0 heterocycles. The quantitative estimate of drug-likeness (QED) is 0.474. The number of methoxy groups -OCH3 is 1. The minimum Gasteiger partial charge on any atom is -0.492 e. The molecule has 1 aromatic rings. The summed E-state index contributed by atoms with van der Waals surface area (Å²) in [5.74, 6) is 0.666. The third-order valence-electron chi connectivity index (χ3n) is 5.32. The second-order valence-corrected chi connectivity index (χ2v) is 7.30. The lowest BCUT2D eigenvalue weighted by molar-refractivity contribution is -0.142. The number of rotatable bonds is 10. The van der Waals surface area contributed by atoms with Gasteiger partial charge in [-0.15, -0.1) is 0 Å². The zero-order valence-electron chi connectivity index (χ0n) is 17.3. The minimum atomic E-state index is -0.488. The van der Waals surface area contributed by atoms with Crippen LogP contribution >= 0.6 is 0 Å². The van der Waals surface area contributed by atoms with E-state index in [4.69, 9.17) is 14.2 Å². The maximum absolute atomic E-state index is 12.7. The highest BCUT2D eigenvalue weighted by Gasteiger charge is 2.39. The second-order valence-electron chi connectivity index (χ2n) is 7.30. The molecular weight excluding hydrogens is 374 g/mol. The molecule has 1 aliphatic rings. The Labute approximate surface area is 172 Å². The Balaban J connectivity index is 1.91. The fourth-order valence-electron chi connectivity index (χ4n) is 3.74. The van der Waals surface area contributed by atoms with Gasteiger partial charge in [-0.2, -0.15) is 0 Å². The van der Waals surface area contributed by atoms with E-state index in [1.807, 2.05) is 24.3 Å². The number of hydrogen-bond acceptors (Lipinski definition) is 6. The molecule has 160 valence electrons. The Morgan fingerprint density at radius 3 is 2.59 bits per heavy atom. The fourth-order valence-corrected chi connectivity index (χ4v) is 3.74. The van der Waals surface area contributed by atoms with Gasteiger partial charge in [0.2, 0.25) is 0 Å². The van der Waals surface area contributed by atoms with Gasteiger partial charge in [-0.1, -0.05) is 18.6 Å². The van der Waals surface area contributed by atoms with Gasteiger partial charge in [0.1, 0.15) is 18.1 Å². The van der Waals surface area contributed by atoms with Crippen molar-refractivity contribution in [2.24, 2.45) is 5.41 Å². The van der Waals surface area contributed by atoms with Gasteiger partial charge in [0, 0.05) is 18.3 Å². The Hall–Kier alpha value is -2.57. The summed E-state index contributed by atoms with van der Waals surface area (Å²) in [6, 6.07) is 7.63. The number of amides is 1. The highest BCUT2D eigenvalue weighted by molar-refractivity contribution is 5.86. The third-order valence-corrected chi connectivity index (χ3v) is 5.32. The van der Waals surface area contributed by atoms with Crippen LogP contribution in [0.1, 0.15) is 51.0 Å². The molecule has 0 unspecified atom stereocenters. The Morgan fingerprint density at radius 2 is 1.93 bits per heavy atom. The number of nitrogens with one attached hydrogen (secondary N) is 1. The maximum Gasteiger partial charge on any atom is 0.407 e. The van der Waals surface area contributed by atoms with Gasteiger partial charge in [-0.05, 0) is 50.3 Å². The summed E-state index contributed by atoms with van der Waals surface area (Å²) in [6.07, 6.45) is 4.25. The smallest absolute Gasteiger partial charge is 0.407 e. The molecule has 7 heteroatoms. The molecule has 0 aromatic heterocycles. The molecule has 0 bridgehead atoms. The van der Waals surface area contributed by atoms with Crippen molar-refractivity contribution < 1.29 is 28.6 Å². The van der Waals surface area contributed by atoms with E-state index in [0.29, 0.717) is 44.8 Å². The number of carbonyl (C=O) groups excluding carboxylic acids is 3. The van der Waals surface area contributed by atoms with Gasteiger partial charge in [-0.25, -0.2) is 4.79 Å². The molecule has 1 aliphatic carbocycles. The van der Waals surface area contributed by atoms with Crippen LogP contribution in [0.5, 0.6) is 5.75 Å². The van der Waals surface area contributed by atoms with E-state index in [1.165, 1.54) is 7.11 Å². The van der Waals surface area contributed by atoms with Crippen LogP contribution in [0.15, 0.2) is 24.3 Å². The molecule has 1 saturated carbocycles. The first-order chi connectivity index (χ1) is 14.0. The summed E-state index contributed by atoms with van der Waals surface area (Å²) in [4.78, 5) is 35.6. The summed E-state index contributed by atoms with van der Waals surface area (Å²) in [6.45, 7) is 2.77. The number of hydrogen-bond donors (Lipinski definition) is 1. The van der Waals surface area contributed by atoms with Crippen molar-refractivity contribution in [2.75, 3.05) is 26.9 Å². The average molecular weight is 405 g/mol.